The minimum atomic E-state index is -0.491. The molecule has 2 aromatic rings. The van der Waals surface area contributed by atoms with Crippen LogP contribution in [0.4, 0.5) is 0 Å². The minimum absolute atomic E-state index is 0.124. The van der Waals surface area contributed by atoms with Gasteiger partial charge in [0.2, 0.25) is 0 Å². The van der Waals surface area contributed by atoms with Crippen LogP contribution in [0.3, 0.4) is 0 Å². The molecule has 1 aromatic carbocycles. The third kappa shape index (κ3) is 3.84. The highest BCUT2D eigenvalue weighted by Crippen LogP contribution is 2.32. The molecule has 142 valence electrons. The Morgan fingerprint density at radius 1 is 1.33 bits per heavy atom. The van der Waals surface area contributed by atoms with E-state index in [1.165, 1.54) is 15.9 Å². The van der Waals surface area contributed by atoms with Gasteiger partial charge < -0.3 is 4.74 Å². The topological polar surface area (TPSA) is 60.7 Å². The number of hydrogen-bond acceptors (Lipinski definition) is 5. The third-order valence-corrected chi connectivity index (χ3v) is 5.90. The van der Waals surface area contributed by atoms with Gasteiger partial charge in [-0.2, -0.15) is 0 Å². The zero-order valence-corrected chi connectivity index (χ0v) is 17.9. The van der Waals surface area contributed by atoms with E-state index in [4.69, 9.17) is 9.73 Å². The summed E-state index contributed by atoms with van der Waals surface area (Å²) in [5.74, 6) is -0.436. The predicted molar refractivity (Wildman–Crippen MR) is 111 cm³/mol. The first-order chi connectivity index (χ1) is 13.0. The molecule has 0 saturated carbocycles. The zero-order chi connectivity index (χ0) is 19.6. The highest BCUT2D eigenvalue weighted by atomic mass is 79.9. The fourth-order valence-electron chi connectivity index (χ4n) is 3.02. The summed E-state index contributed by atoms with van der Waals surface area (Å²) in [6, 6.07) is 7.19. The number of thiazole rings is 1. The lowest BCUT2D eigenvalue weighted by Gasteiger charge is -2.22. The minimum Gasteiger partial charge on any atom is -0.463 e. The number of esters is 1. The quantitative estimate of drug-likeness (QED) is 0.658. The van der Waals surface area contributed by atoms with Crippen molar-refractivity contribution in [3.05, 3.63) is 59.6 Å². The maximum Gasteiger partial charge on any atom is 0.338 e. The maximum atomic E-state index is 12.8. The van der Waals surface area contributed by atoms with Gasteiger partial charge in [-0.3, -0.25) is 9.36 Å². The molecule has 0 aliphatic carbocycles. The van der Waals surface area contributed by atoms with Crippen molar-refractivity contribution in [1.29, 1.82) is 0 Å². The van der Waals surface area contributed by atoms with Crippen molar-refractivity contribution in [3.8, 4) is 0 Å². The summed E-state index contributed by atoms with van der Waals surface area (Å²) in [7, 11) is 0. The summed E-state index contributed by atoms with van der Waals surface area (Å²) in [5, 5.41) is 0. The van der Waals surface area contributed by atoms with Crippen molar-refractivity contribution in [2.75, 3.05) is 6.61 Å². The molecule has 0 spiro atoms. The number of allylic oxidation sites excluding steroid dienone is 1. The molecule has 1 aliphatic heterocycles. The Morgan fingerprint density at radius 2 is 2.04 bits per heavy atom. The molecule has 3 rings (SSSR count). The first-order valence-corrected chi connectivity index (χ1v) is 10.5. The smallest absolute Gasteiger partial charge is 0.338 e. The molecule has 1 atom stereocenters. The average Bonchev–Trinajstić information content (AvgIpc) is 2.96. The molecule has 27 heavy (non-hydrogen) atoms. The Kier molecular flexibility index (Phi) is 6.11. The number of hydrogen-bond donors (Lipinski definition) is 0. The van der Waals surface area contributed by atoms with Crippen LogP contribution in [0, 0.1) is 0 Å². The molecular weight excluding hydrogens is 428 g/mol. The summed E-state index contributed by atoms with van der Waals surface area (Å²) in [6.07, 6.45) is 3.74. The number of halogens is 1. The molecule has 7 heteroatoms. The van der Waals surface area contributed by atoms with Gasteiger partial charge in [-0.1, -0.05) is 58.8 Å². The van der Waals surface area contributed by atoms with Gasteiger partial charge in [0.15, 0.2) is 4.80 Å². The number of carbonyl (C=O) groups is 1. The molecule has 2 heterocycles. The third-order valence-electron chi connectivity index (χ3n) is 4.34. The monoisotopic (exact) mass is 448 g/mol. The largest absolute Gasteiger partial charge is 0.463 e. The Morgan fingerprint density at radius 3 is 2.67 bits per heavy atom. The van der Waals surface area contributed by atoms with E-state index in [-0.39, 0.29) is 12.2 Å². The highest BCUT2D eigenvalue weighted by molar-refractivity contribution is 9.10. The molecule has 0 bridgehead atoms. The van der Waals surface area contributed by atoms with Crippen molar-refractivity contribution < 1.29 is 9.53 Å². The number of ether oxygens (including phenoxy) is 1. The summed E-state index contributed by atoms with van der Waals surface area (Å²) in [4.78, 5) is 30.9. The normalized spacial score (nSPS) is 16.9. The van der Waals surface area contributed by atoms with Crippen LogP contribution < -0.4 is 14.9 Å². The molecule has 1 aliphatic rings. The van der Waals surface area contributed by atoms with Gasteiger partial charge in [0, 0.05) is 10.2 Å². The number of rotatable bonds is 5. The van der Waals surface area contributed by atoms with E-state index in [2.05, 4.69) is 22.9 Å². The highest BCUT2D eigenvalue weighted by Gasteiger charge is 2.31. The first-order valence-electron chi connectivity index (χ1n) is 8.91. The van der Waals surface area contributed by atoms with Crippen LogP contribution in [-0.4, -0.2) is 17.1 Å². The van der Waals surface area contributed by atoms with Gasteiger partial charge >= 0.3 is 5.97 Å². The molecule has 0 radical (unpaired) electrons. The number of unbranched alkanes of at least 4 members (excludes halogenated alkanes) is 1. The van der Waals surface area contributed by atoms with Crippen LogP contribution in [0.2, 0.25) is 0 Å². The Bertz CT molecular complexity index is 1060. The number of nitrogens with zero attached hydrogens (tertiary/aromatic N) is 2. The lowest BCUT2D eigenvalue weighted by atomic mass is 9.97. The second kappa shape index (κ2) is 8.35. The van der Waals surface area contributed by atoms with Crippen LogP contribution in [0.15, 0.2) is 44.1 Å². The zero-order valence-electron chi connectivity index (χ0n) is 15.5. The van der Waals surface area contributed by atoms with E-state index in [0.717, 1.165) is 22.9 Å². The molecule has 5 nitrogen and oxygen atoms in total. The van der Waals surface area contributed by atoms with Gasteiger partial charge in [0.1, 0.15) is 6.04 Å². The van der Waals surface area contributed by atoms with Crippen molar-refractivity contribution in [1.82, 2.24) is 4.57 Å². The standard InChI is InChI=1S/C20H21BrN2O3S/c1-4-6-7-15-18(24)23-12(3)16(19(25)26-5-2)17(22-20(23)27-15)13-8-10-14(21)11-9-13/h7-11,17H,4-6H2,1-3H3/b15-7-/t17-/m1/s1. The van der Waals surface area contributed by atoms with Gasteiger partial charge in [-0.05, 0) is 38.0 Å². The van der Waals surface area contributed by atoms with E-state index in [0.29, 0.717) is 20.6 Å². The number of fused-ring (bicyclic) bond motifs is 1. The van der Waals surface area contributed by atoms with Crippen LogP contribution in [0.1, 0.15) is 45.2 Å². The summed E-state index contributed by atoms with van der Waals surface area (Å²) in [5.41, 5.74) is 1.75. The van der Waals surface area contributed by atoms with Crippen molar-refractivity contribution in [2.45, 2.75) is 39.7 Å². The van der Waals surface area contributed by atoms with Crippen LogP contribution >= 0.6 is 27.3 Å². The molecule has 1 aromatic heterocycles. The lowest BCUT2D eigenvalue weighted by molar-refractivity contribution is -0.138. The Labute approximate surface area is 169 Å². The molecule has 0 saturated heterocycles. The fourth-order valence-corrected chi connectivity index (χ4v) is 4.33. The van der Waals surface area contributed by atoms with E-state index < -0.39 is 12.0 Å². The fraction of sp³-hybridized carbons (Fsp3) is 0.350. The van der Waals surface area contributed by atoms with Crippen molar-refractivity contribution in [3.63, 3.8) is 0 Å². The number of carbonyl (C=O) groups excluding carboxylic acids is 1. The number of aromatic nitrogens is 1. The Hall–Kier alpha value is -1.99. The second-order valence-corrected chi connectivity index (χ2v) is 8.11. The van der Waals surface area contributed by atoms with Crippen molar-refractivity contribution in [2.24, 2.45) is 4.99 Å². The first kappa shape index (κ1) is 19.8. The lowest BCUT2D eigenvalue weighted by Crippen LogP contribution is -2.35. The summed E-state index contributed by atoms with van der Waals surface area (Å²) in [6.45, 7) is 5.89. The molecule has 0 N–H and O–H groups in total. The predicted octanol–water partition coefficient (Wildman–Crippen LogP) is 3.42. The van der Waals surface area contributed by atoms with Gasteiger partial charge in [-0.15, -0.1) is 0 Å². The molecule has 0 fully saturated rings. The molecule has 0 unspecified atom stereocenters. The van der Waals surface area contributed by atoms with Crippen molar-refractivity contribution >= 4 is 45.0 Å². The van der Waals surface area contributed by atoms with Crippen LogP contribution in [-0.2, 0) is 9.53 Å². The molecule has 0 amide bonds. The van der Waals surface area contributed by atoms with Crippen LogP contribution in [0.5, 0.6) is 0 Å². The Balaban J connectivity index is 2.25. The number of benzene rings is 1. The van der Waals surface area contributed by atoms with E-state index >= 15 is 0 Å². The van der Waals surface area contributed by atoms with Gasteiger partial charge in [0.05, 0.1) is 16.7 Å². The van der Waals surface area contributed by atoms with E-state index in [9.17, 15) is 9.59 Å². The SMILES string of the molecule is CCC/C=c1\sc2n(c1=O)C(C)=C(C(=O)OCC)[C@@H](c1ccc(Br)cc1)N=2. The van der Waals surface area contributed by atoms with Crippen LogP contribution in [0.25, 0.3) is 11.8 Å². The summed E-state index contributed by atoms with van der Waals surface area (Å²) >= 11 is 4.80. The second-order valence-electron chi connectivity index (χ2n) is 6.18. The molecular formula is C20H21BrN2O3S. The van der Waals surface area contributed by atoms with Gasteiger partial charge in [0.25, 0.3) is 5.56 Å². The van der Waals surface area contributed by atoms with E-state index in [1.54, 1.807) is 13.8 Å². The maximum absolute atomic E-state index is 12.8. The van der Waals surface area contributed by atoms with Gasteiger partial charge in [-0.25, -0.2) is 9.79 Å². The van der Waals surface area contributed by atoms with E-state index in [1.807, 2.05) is 30.3 Å². The average molecular weight is 449 g/mol. The summed E-state index contributed by atoms with van der Waals surface area (Å²) < 4.78 is 8.41.